The molecule has 1 aromatic heterocycles. The lowest BCUT2D eigenvalue weighted by Gasteiger charge is -2.19. The van der Waals surface area contributed by atoms with Gasteiger partial charge in [-0.1, -0.05) is 64.3 Å². The molecule has 0 fully saturated rings. The van der Waals surface area contributed by atoms with Gasteiger partial charge in [0.05, 0.1) is 15.7 Å². The second kappa shape index (κ2) is 9.11. The van der Waals surface area contributed by atoms with Crippen molar-refractivity contribution in [1.82, 2.24) is 10.1 Å². The summed E-state index contributed by atoms with van der Waals surface area (Å²) in [5, 5.41) is 7.24. The van der Waals surface area contributed by atoms with Crippen molar-refractivity contribution >= 4 is 40.7 Å². The number of nitrogens with zero attached hydrogens (tertiary/aromatic N) is 2. The Balaban J connectivity index is 1.70. The van der Waals surface area contributed by atoms with Crippen molar-refractivity contribution in [3.05, 3.63) is 69.9 Å². The largest absolute Gasteiger partial charge is 0.350 e. The van der Waals surface area contributed by atoms with Crippen molar-refractivity contribution in [2.24, 2.45) is 0 Å². The minimum atomic E-state index is -0.432. The van der Waals surface area contributed by atoms with Crippen LogP contribution < -0.4 is 5.32 Å². The molecule has 0 aliphatic rings. The van der Waals surface area contributed by atoms with E-state index in [1.165, 1.54) is 4.90 Å². The number of aromatic nitrogens is 1. The Labute approximate surface area is 178 Å². The normalized spacial score (nSPS) is 10.6. The number of hydrogen-bond acceptors (Lipinski definition) is 4. The minimum Gasteiger partial charge on any atom is -0.350 e. The minimum absolute atomic E-state index is 0.0611. The van der Waals surface area contributed by atoms with Gasteiger partial charge in [0, 0.05) is 18.2 Å². The first-order valence-electron chi connectivity index (χ1n) is 8.96. The molecule has 1 N–H and O–H groups in total. The van der Waals surface area contributed by atoms with Gasteiger partial charge in [-0.05, 0) is 26.0 Å². The van der Waals surface area contributed by atoms with Crippen LogP contribution in [-0.2, 0) is 4.79 Å². The Kier molecular flexibility index (Phi) is 6.56. The van der Waals surface area contributed by atoms with E-state index >= 15 is 0 Å². The zero-order valence-corrected chi connectivity index (χ0v) is 17.4. The fourth-order valence-corrected chi connectivity index (χ4v) is 3.18. The highest BCUT2D eigenvalue weighted by Crippen LogP contribution is 2.29. The molecule has 0 aliphatic carbocycles. The number of carbonyl (C=O) groups is 2. The summed E-state index contributed by atoms with van der Waals surface area (Å²) in [6.07, 6.45) is 0. The van der Waals surface area contributed by atoms with Crippen molar-refractivity contribution in [2.45, 2.75) is 13.8 Å². The number of halogens is 2. The topological polar surface area (TPSA) is 75.4 Å². The second-order valence-electron chi connectivity index (χ2n) is 6.41. The predicted octanol–water partition coefficient (Wildman–Crippen LogP) is 5.06. The van der Waals surface area contributed by atoms with Gasteiger partial charge in [-0.3, -0.25) is 9.59 Å². The summed E-state index contributed by atoms with van der Waals surface area (Å²) in [5.74, 6) is -0.793. The summed E-state index contributed by atoms with van der Waals surface area (Å²) in [6.45, 7) is 3.88. The Morgan fingerprint density at radius 3 is 2.38 bits per heavy atom. The zero-order chi connectivity index (χ0) is 21.0. The maximum Gasteiger partial charge on any atom is 0.292 e. The van der Waals surface area contributed by atoms with Crippen molar-refractivity contribution in [2.75, 3.05) is 18.4 Å². The second-order valence-corrected chi connectivity index (χ2v) is 7.22. The van der Waals surface area contributed by atoms with E-state index in [1.807, 2.05) is 31.2 Å². The lowest BCUT2D eigenvalue weighted by molar-refractivity contribution is -0.116. The zero-order valence-electron chi connectivity index (χ0n) is 15.9. The average molecular weight is 432 g/mol. The monoisotopic (exact) mass is 431 g/mol. The highest BCUT2D eigenvalue weighted by molar-refractivity contribution is 6.39. The van der Waals surface area contributed by atoms with E-state index < -0.39 is 11.8 Å². The molecule has 8 heteroatoms. The number of para-hydroxylation sites is 1. The van der Waals surface area contributed by atoms with Crippen LogP contribution in [0.15, 0.2) is 53.1 Å². The molecule has 29 heavy (non-hydrogen) atoms. The molecular weight excluding hydrogens is 413 g/mol. The lowest BCUT2D eigenvalue weighted by Crippen LogP contribution is -2.37. The van der Waals surface area contributed by atoms with Gasteiger partial charge >= 0.3 is 0 Å². The third-order valence-corrected chi connectivity index (χ3v) is 4.93. The summed E-state index contributed by atoms with van der Waals surface area (Å²) < 4.78 is 5.22. The molecule has 0 saturated heterocycles. The molecule has 0 bridgehead atoms. The van der Waals surface area contributed by atoms with Crippen molar-refractivity contribution in [3.8, 4) is 11.3 Å². The van der Waals surface area contributed by atoms with Crippen LogP contribution in [0.1, 0.15) is 23.0 Å². The van der Waals surface area contributed by atoms with Crippen LogP contribution in [0.3, 0.4) is 0 Å². The fourth-order valence-electron chi connectivity index (χ4n) is 2.69. The van der Waals surface area contributed by atoms with Crippen LogP contribution in [0.5, 0.6) is 0 Å². The smallest absolute Gasteiger partial charge is 0.292 e. The average Bonchev–Trinajstić information content (AvgIpc) is 3.19. The van der Waals surface area contributed by atoms with Gasteiger partial charge in [-0.2, -0.15) is 0 Å². The molecule has 0 saturated carbocycles. The van der Waals surface area contributed by atoms with Gasteiger partial charge in [0.1, 0.15) is 12.2 Å². The van der Waals surface area contributed by atoms with Crippen LogP contribution in [0.2, 0.25) is 10.0 Å². The Morgan fingerprint density at radius 2 is 1.76 bits per heavy atom. The Morgan fingerprint density at radius 1 is 1.10 bits per heavy atom. The molecule has 6 nitrogen and oxygen atoms in total. The first-order chi connectivity index (χ1) is 13.9. The third-order valence-electron chi connectivity index (χ3n) is 4.30. The van der Waals surface area contributed by atoms with Crippen molar-refractivity contribution in [3.63, 3.8) is 0 Å². The van der Waals surface area contributed by atoms with Gasteiger partial charge in [0.25, 0.3) is 5.91 Å². The first-order valence-corrected chi connectivity index (χ1v) is 9.71. The van der Waals surface area contributed by atoms with Gasteiger partial charge in [-0.25, -0.2) is 0 Å². The van der Waals surface area contributed by atoms with E-state index in [0.717, 1.165) is 11.1 Å². The van der Waals surface area contributed by atoms with Gasteiger partial charge in [-0.15, -0.1) is 0 Å². The molecule has 2 aromatic carbocycles. The molecule has 1 heterocycles. The maximum absolute atomic E-state index is 12.8. The van der Waals surface area contributed by atoms with Crippen LogP contribution in [-0.4, -0.2) is 35.0 Å². The molecule has 3 aromatic rings. The van der Waals surface area contributed by atoms with E-state index in [2.05, 4.69) is 10.5 Å². The predicted molar refractivity (Wildman–Crippen MR) is 113 cm³/mol. The summed E-state index contributed by atoms with van der Waals surface area (Å²) in [5.41, 5.74) is 2.82. The quantitative estimate of drug-likeness (QED) is 0.591. The fraction of sp³-hybridized carbons (Fsp3) is 0.190. The van der Waals surface area contributed by atoms with E-state index in [4.69, 9.17) is 27.7 Å². The standard InChI is InChI=1S/C21H19Cl2N3O3/c1-3-26(12-19(27)24-20-15(22)5-4-6-16(20)23)21(28)18-11-17(25-29-18)14-9-7-13(2)8-10-14/h4-11H,3,12H2,1-2H3,(H,24,27). The number of carbonyl (C=O) groups excluding carboxylic acids is 2. The third kappa shape index (κ3) is 4.96. The molecule has 2 amide bonds. The molecule has 150 valence electrons. The van der Waals surface area contributed by atoms with E-state index in [1.54, 1.807) is 31.2 Å². The number of anilines is 1. The Hall–Kier alpha value is -2.83. The van der Waals surface area contributed by atoms with E-state index in [0.29, 0.717) is 28.0 Å². The van der Waals surface area contributed by atoms with E-state index in [-0.39, 0.29) is 12.3 Å². The summed E-state index contributed by atoms with van der Waals surface area (Å²) >= 11 is 12.1. The highest BCUT2D eigenvalue weighted by Gasteiger charge is 2.22. The van der Waals surface area contributed by atoms with E-state index in [9.17, 15) is 9.59 Å². The molecule has 0 radical (unpaired) electrons. The molecule has 0 unspecified atom stereocenters. The van der Waals surface area contributed by atoms with Crippen LogP contribution in [0.25, 0.3) is 11.3 Å². The van der Waals surface area contributed by atoms with Crippen molar-refractivity contribution in [1.29, 1.82) is 0 Å². The molecule has 0 aliphatic heterocycles. The number of rotatable bonds is 6. The molecular formula is C21H19Cl2N3O3. The summed E-state index contributed by atoms with van der Waals surface area (Å²) in [6, 6.07) is 14.2. The number of likely N-dealkylation sites (N-methyl/N-ethyl adjacent to an activating group) is 1. The lowest BCUT2D eigenvalue weighted by atomic mass is 10.1. The highest BCUT2D eigenvalue weighted by atomic mass is 35.5. The molecule has 3 rings (SSSR count). The molecule has 0 atom stereocenters. The summed E-state index contributed by atoms with van der Waals surface area (Å²) in [7, 11) is 0. The number of aryl methyl sites for hydroxylation is 1. The number of hydrogen-bond donors (Lipinski definition) is 1. The van der Waals surface area contributed by atoms with Gasteiger partial charge < -0.3 is 14.7 Å². The SMILES string of the molecule is CCN(CC(=O)Nc1c(Cl)cccc1Cl)C(=O)c1cc(-c2ccc(C)cc2)no1. The van der Waals surface area contributed by atoms with Gasteiger partial charge in [0.15, 0.2) is 0 Å². The van der Waals surface area contributed by atoms with Crippen LogP contribution in [0, 0.1) is 6.92 Å². The number of amides is 2. The number of benzene rings is 2. The Bertz CT molecular complexity index is 1010. The molecule has 0 spiro atoms. The van der Waals surface area contributed by atoms with Crippen LogP contribution in [0.4, 0.5) is 5.69 Å². The maximum atomic E-state index is 12.8. The summed E-state index contributed by atoms with van der Waals surface area (Å²) in [4.78, 5) is 26.5. The first kappa shape index (κ1) is 20.9. The van der Waals surface area contributed by atoms with Crippen molar-refractivity contribution < 1.29 is 14.1 Å². The number of nitrogens with one attached hydrogen (secondary N) is 1. The van der Waals surface area contributed by atoms with Crippen LogP contribution >= 0.6 is 23.2 Å². The van der Waals surface area contributed by atoms with Gasteiger partial charge in [0.2, 0.25) is 11.7 Å².